The molecule has 0 radical (unpaired) electrons. The van der Waals surface area contributed by atoms with Crippen molar-refractivity contribution in [2.45, 2.75) is 51.0 Å². The van der Waals surface area contributed by atoms with Gasteiger partial charge in [0.15, 0.2) is 0 Å². The molecule has 0 aliphatic carbocycles. The third-order valence-corrected chi connectivity index (χ3v) is 5.33. The molecule has 166 valence electrons. The molecule has 1 fully saturated rings. The zero-order chi connectivity index (χ0) is 22.2. The van der Waals surface area contributed by atoms with E-state index >= 15 is 0 Å². The summed E-state index contributed by atoms with van der Waals surface area (Å²) in [5.74, 6) is -0.383. The van der Waals surface area contributed by atoms with Crippen molar-refractivity contribution < 1.29 is 19.1 Å². The summed E-state index contributed by atoms with van der Waals surface area (Å²) in [5, 5.41) is 1.09. The number of para-hydroxylation sites is 1. The van der Waals surface area contributed by atoms with Gasteiger partial charge in [-0.3, -0.25) is 9.59 Å². The van der Waals surface area contributed by atoms with E-state index in [0.29, 0.717) is 6.42 Å². The fourth-order valence-corrected chi connectivity index (χ4v) is 3.82. The number of benzene rings is 1. The highest BCUT2D eigenvalue weighted by atomic mass is 16.6. The van der Waals surface area contributed by atoms with Gasteiger partial charge in [0.05, 0.1) is 6.10 Å². The first-order chi connectivity index (χ1) is 15.0. The highest BCUT2D eigenvalue weighted by Crippen LogP contribution is 2.26. The molecule has 4 rings (SSSR count). The van der Waals surface area contributed by atoms with E-state index in [9.17, 15) is 4.79 Å². The summed E-state index contributed by atoms with van der Waals surface area (Å²) in [4.78, 5) is 26.2. The van der Waals surface area contributed by atoms with Gasteiger partial charge in [-0.25, -0.2) is 0 Å². The number of hydrogen-bond acceptors (Lipinski definition) is 6. The van der Waals surface area contributed by atoms with Crippen LogP contribution in [0.3, 0.4) is 0 Å². The highest BCUT2D eigenvalue weighted by molar-refractivity contribution is 5.84. The molecule has 1 saturated heterocycles. The molecule has 1 aromatic carbocycles. The monoisotopic (exact) mass is 426 g/mol. The topological polar surface area (TPSA) is 124 Å². The normalized spacial score (nSPS) is 21.2. The minimum atomic E-state index is -0.688. The zero-order valence-electron chi connectivity index (χ0n) is 17.7. The Hall–Kier alpha value is -3.10. The number of carbonyl (C=O) groups is 2. The van der Waals surface area contributed by atoms with Gasteiger partial charge in [-0.05, 0) is 37.8 Å². The van der Waals surface area contributed by atoms with Crippen LogP contribution in [-0.2, 0) is 25.5 Å². The Balaban J connectivity index is 0.000000858. The molecule has 2 aliphatic rings. The van der Waals surface area contributed by atoms with Gasteiger partial charge in [-0.2, -0.15) is 0 Å². The lowest BCUT2D eigenvalue weighted by Crippen LogP contribution is -2.36. The lowest BCUT2D eigenvalue weighted by Gasteiger charge is -2.27. The second-order valence-electron chi connectivity index (χ2n) is 7.74. The van der Waals surface area contributed by atoms with E-state index in [0.717, 1.165) is 35.7 Å². The number of rotatable bonds is 6. The maximum atomic E-state index is 12.3. The van der Waals surface area contributed by atoms with Crippen molar-refractivity contribution in [3.8, 4) is 0 Å². The quantitative estimate of drug-likeness (QED) is 0.481. The fraction of sp³-hybridized carbons (Fsp3) is 0.391. The van der Waals surface area contributed by atoms with Crippen LogP contribution in [-0.4, -0.2) is 47.2 Å². The van der Waals surface area contributed by atoms with Gasteiger partial charge in [0.25, 0.3) is 0 Å². The number of fused-ring (bicyclic) bond motifs is 1. The van der Waals surface area contributed by atoms with E-state index in [2.05, 4.69) is 41.0 Å². The van der Waals surface area contributed by atoms with Gasteiger partial charge >= 0.3 is 5.97 Å². The van der Waals surface area contributed by atoms with Crippen LogP contribution in [0, 0.1) is 0 Å². The predicted molar refractivity (Wildman–Crippen MR) is 118 cm³/mol. The molecule has 8 heteroatoms. The predicted octanol–water partition coefficient (Wildman–Crippen LogP) is 2.31. The van der Waals surface area contributed by atoms with Crippen molar-refractivity contribution in [1.29, 1.82) is 0 Å². The minimum Gasteiger partial charge on any atom is -0.462 e. The van der Waals surface area contributed by atoms with Gasteiger partial charge in [0.2, 0.25) is 6.41 Å². The van der Waals surface area contributed by atoms with Crippen molar-refractivity contribution in [3.05, 3.63) is 60.1 Å². The third kappa shape index (κ3) is 5.96. The Kier molecular flexibility index (Phi) is 7.86. The largest absolute Gasteiger partial charge is 0.462 e. The minimum absolute atomic E-state index is 0.00935. The molecular formula is C23H30N4O4. The van der Waals surface area contributed by atoms with Crippen LogP contribution in [0.5, 0.6) is 0 Å². The molecule has 0 saturated carbocycles. The maximum Gasteiger partial charge on any atom is 0.323 e. The van der Waals surface area contributed by atoms with E-state index in [1.165, 1.54) is 5.57 Å². The smallest absolute Gasteiger partial charge is 0.323 e. The summed E-state index contributed by atoms with van der Waals surface area (Å²) in [5.41, 5.74) is 13.6. The SMILES string of the molecule is CC1=CN(C2CCC(COC(=O)C(N)Cc3c[nH]c4ccccc34)O2)C=CC1.NC=O. The number of ether oxygens (including phenoxy) is 2. The Morgan fingerprint density at radius 3 is 2.94 bits per heavy atom. The molecule has 8 nitrogen and oxygen atoms in total. The first kappa shape index (κ1) is 22.6. The second-order valence-corrected chi connectivity index (χ2v) is 7.74. The molecule has 2 aliphatic heterocycles. The lowest BCUT2D eigenvalue weighted by molar-refractivity contribution is -0.150. The average molecular weight is 427 g/mol. The Bertz CT molecular complexity index is 952. The number of aromatic amines is 1. The van der Waals surface area contributed by atoms with Gasteiger partial charge in [-0.1, -0.05) is 29.8 Å². The molecule has 2 aromatic rings. The Labute approximate surface area is 181 Å². The number of esters is 1. The zero-order valence-corrected chi connectivity index (χ0v) is 17.7. The molecule has 1 amide bonds. The number of H-pyrrole nitrogens is 1. The Morgan fingerprint density at radius 2 is 2.16 bits per heavy atom. The summed E-state index contributed by atoms with van der Waals surface area (Å²) in [6.07, 6.45) is 11.6. The van der Waals surface area contributed by atoms with Crippen molar-refractivity contribution in [2.24, 2.45) is 11.5 Å². The van der Waals surface area contributed by atoms with E-state index in [1.54, 1.807) is 0 Å². The molecule has 3 heterocycles. The van der Waals surface area contributed by atoms with Crippen molar-refractivity contribution in [3.63, 3.8) is 0 Å². The number of amides is 1. The first-order valence-electron chi connectivity index (χ1n) is 10.4. The highest BCUT2D eigenvalue weighted by Gasteiger charge is 2.30. The maximum absolute atomic E-state index is 12.3. The van der Waals surface area contributed by atoms with Crippen LogP contribution in [0.2, 0.25) is 0 Å². The van der Waals surface area contributed by atoms with Crippen molar-refractivity contribution in [2.75, 3.05) is 6.61 Å². The number of hydrogen-bond donors (Lipinski definition) is 3. The van der Waals surface area contributed by atoms with Crippen LogP contribution >= 0.6 is 0 Å². The number of carbonyl (C=O) groups excluding carboxylic acids is 2. The fourth-order valence-electron chi connectivity index (χ4n) is 3.82. The van der Waals surface area contributed by atoms with Crippen LogP contribution in [0.4, 0.5) is 0 Å². The number of nitrogens with zero attached hydrogens (tertiary/aromatic N) is 1. The number of aromatic nitrogens is 1. The molecule has 31 heavy (non-hydrogen) atoms. The summed E-state index contributed by atoms with van der Waals surface area (Å²) in [6.45, 7) is 2.36. The molecule has 0 bridgehead atoms. The lowest BCUT2D eigenvalue weighted by atomic mass is 10.1. The standard InChI is InChI=1S/C22H27N3O3.CH3NO/c1-15-5-4-10-25(13-15)21-9-8-17(28-21)14-27-22(26)19(23)11-16-12-24-20-7-3-2-6-18(16)20;2-1-3/h2-4,6-7,10,12-13,17,19,21,24H,5,8-9,11,14,23H2,1H3;1H,(H2,2,3). The van der Waals surface area contributed by atoms with Gasteiger partial charge in [-0.15, -0.1) is 0 Å². The van der Waals surface area contributed by atoms with Gasteiger partial charge in [0, 0.05) is 35.9 Å². The molecular weight excluding hydrogens is 396 g/mol. The molecule has 3 unspecified atom stereocenters. The molecule has 5 N–H and O–H groups in total. The number of allylic oxidation sites excluding steroid dienone is 2. The van der Waals surface area contributed by atoms with Gasteiger partial charge < -0.3 is 30.8 Å². The van der Waals surface area contributed by atoms with Crippen molar-refractivity contribution >= 4 is 23.3 Å². The number of nitrogens with one attached hydrogen (secondary N) is 1. The third-order valence-electron chi connectivity index (χ3n) is 5.33. The molecule has 3 atom stereocenters. The first-order valence-corrected chi connectivity index (χ1v) is 10.4. The molecule has 1 aromatic heterocycles. The van der Waals surface area contributed by atoms with Crippen LogP contribution < -0.4 is 11.5 Å². The molecule has 0 spiro atoms. The van der Waals surface area contributed by atoms with Gasteiger partial charge in [0.1, 0.15) is 18.9 Å². The summed E-state index contributed by atoms with van der Waals surface area (Å²) < 4.78 is 11.5. The number of primary amides is 1. The van der Waals surface area contributed by atoms with Crippen LogP contribution in [0.15, 0.2) is 54.5 Å². The summed E-state index contributed by atoms with van der Waals surface area (Å²) in [7, 11) is 0. The summed E-state index contributed by atoms with van der Waals surface area (Å²) in [6, 6.07) is 7.29. The van der Waals surface area contributed by atoms with Crippen LogP contribution in [0.1, 0.15) is 31.7 Å². The number of nitrogens with two attached hydrogens (primary N) is 2. The average Bonchev–Trinajstić information content (AvgIpc) is 3.40. The van der Waals surface area contributed by atoms with E-state index in [1.807, 2.05) is 30.5 Å². The Morgan fingerprint density at radius 1 is 1.39 bits per heavy atom. The second kappa shape index (κ2) is 10.8. The summed E-state index contributed by atoms with van der Waals surface area (Å²) >= 11 is 0. The van der Waals surface area contributed by atoms with E-state index < -0.39 is 6.04 Å². The van der Waals surface area contributed by atoms with E-state index in [-0.39, 0.29) is 31.3 Å². The van der Waals surface area contributed by atoms with Crippen molar-refractivity contribution in [1.82, 2.24) is 9.88 Å². The van der Waals surface area contributed by atoms with E-state index in [4.69, 9.17) is 20.0 Å². The van der Waals surface area contributed by atoms with Crippen LogP contribution in [0.25, 0.3) is 10.9 Å².